The van der Waals surface area contributed by atoms with Gasteiger partial charge in [-0.1, -0.05) is 60.2 Å². The molecule has 32 heavy (non-hydrogen) atoms. The molecule has 1 amide bonds. The number of methoxy groups -OCH3 is 1. The van der Waals surface area contributed by atoms with Crippen LogP contribution in [0.15, 0.2) is 83.8 Å². The van der Waals surface area contributed by atoms with Crippen LogP contribution in [0.3, 0.4) is 0 Å². The molecule has 0 aromatic heterocycles. The largest absolute Gasteiger partial charge is 0.497 e. The lowest BCUT2D eigenvalue weighted by Gasteiger charge is -2.37. The van der Waals surface area contributed by atoms with Crippen molar-refractivity contribution in [2.24, 2.45) is 5.92 Å². The summed E-state index contributed by atoms with van der Waals surface area (Å²) >= 11 is 0. The number of carbonyl (C=O) groups excluding carboxylic acids is 1. The topological polar surface area (TPSA) is 63.7 Å². The number of carbonyl (C=O) groups is 1. The number of piperidine rings is 1. The molecule has 0 bridgehead atoms. The Morgan fingerprint density at radius 1 is 0.938 bits per heavy atom. The summed E-state index contributed by atoms with van der Waals surface area (Å²) in [6.07, 6.45) is 1.05. The minimum atomic E-state index is -3.91. The first-order chi connectivity index (χ1) is 15.4. The van der Waals surface area contributed by atoms with Gasteiger partial charge in [0.05, 0.1) is 17.9 Å². The minimum absolute atomic E-state index is 0.0712. The quantitative estimate of drug-likeness (QED) is 0.553. The summed E-state index contributed by atoms with van der Waals surface area (Å²) in [6, 6.07) is 24.1. The van der Waals surface area contributed by atoms with Crippen molar-refractivity contribution in [3.63, 3.8) is 0 Å². The molecule has 0 saturated carbocycles. The van der Waals surface area contributed by atoms with Crippen molar-refractivity contribution in [3.05, 3.63) is 95.6 Å². The number of aryl methyl sites for hydroxylation is 1. The van der Waals surface area contributed by atoms with Gasteiger partial charge in [-0.05, 0) is 61.1 Å². The molecule has 6 heteroatoms. The average molecular weight is 450 g/mol. The SMILES string of the molecule is COc1ccc([C@H]2CCN(S(=O)(=O)c3ccc(C)cc3)C(=O)[C@H]2Cc2ccccc2)cc1. The number of rotatable bonds is 6. The molecule has 1 saturated heterocycles. The Kier molecular flexibility index (Phi) is 6.33. The molecule has 0 radical (unpaired) electrons. The van der Waals surface area contributed by atoms with Crippen molar-refractivity contribution in [1.82, 2.24) is 4.31 Å². The van der Waals surface area contributed by atoms with E-state index in [4.69, 9.17) is 4.74 Å². The zero-order valence-electron chi connectivity index (χ0n) is 18.3. The second-order valence-electron chi connectivity index (χ2n) is 8.19. The molecule has 0 aliphatic carbocycles. The van der Waals surface area contributed by atoms with Crippen molar-refractivity contribution in [1.29, 1.82) is 0 Å². The Morgan fingerprint density at radius 3 is 2.22 bits per heavy atom. The monoisotopic (exact) mass is 449 g/mol. The second kappa shape index (κ2) is 9.17. The number of amides is 1. The molecule has 0 unspecified atom stereocenters. The maximum absolute atomic E-state index is 13.6. The molecular formula is C26H27NO4S. The zero-order chi connectivity index (χ0) is 22.7. The molecule has 0 spiro atoms. The number of sulfonamides is 1. The molecule has 166 valence electrons. The summed E-state index contributed by atoms with van der Waals surface area (Å²) in [5.74, 6) is -0.140. The number of nitrogens with zero attached hydrogens (tertiary/aromatic N) is 1. The number of hydrogen-bond acceptors (Lipinski definition) is 4. The van der Waals surface area contributed by atoms with Gasteiger partial charge in [-0.2, -0.15) is 0 Å². The van der Waals surface area contributed by atoms with Gasteiger partial charge in [-0.15, -0.1) is 0 Å². The van der Waals surface area contributed by atoms with Crippen LogP contribution in [0.25, 0.3) is 0 Å². The molecule has 1 aliphatic heterocycles. The van der Waals surface area contributed by atoms with Crippen LogP contribution in [0.5, 0.6) is 5.75 Å². The fraction of sp³-hybridized carbons (Fsp3) is 0.269. The fourth-order valence-corrected chi connectivity index (χ4v) is 5.80. The van der Waals surface area contributed by atoms with E-state index in [9.17, 15) is 13.2 Å². The van der Waals surface area contributed by atoms with Crippen molar-refractivity contribution >= 4 is 15.9 Å². The van der Waals surface area contributed by atoms with Gasteiger partial charge in [-0.3, -0.25) is 4.79 Å². The highest BCUT2D eigenvalue weighted by molar-refractivity contribution is 7.89. The van der Waals surface area contributed by atoms with Crippen molar-refractivity contribution in [2.75, 3.05) is 13.7 Å². The van der Waals surface area contributed by atoms with E-state index in [1.807, 2.05) is 61.5 Å². The lowest BCUT2D eigenvalue weighted by molar-refractivity contribution is -0.133. The van der Waals surface area contributed by atoms with E-state index < -0.39 is 15.9 Å². The maximum atomic E-state index is 13.6. The summed E-state index contributed by atoms with van der Waals surface area (Å²) in [7, 11) is -2.29. The van der Waals surface area contributed by atoms with Crippen LogP contribution in [0.4, 0.5) is 0 Å². The molecular weight excluding hydrogens is 422 g/mol. The van der Waals surface area contributed by atoms with Crippen LogP contribution in [0.1, 0.15) is 29.0 Å². The van der Waals surface area contributed by atoms with Crippen molar-refractivity contribution < 1.29 is 17.9 Å². The third-order valence-corrected chi connectivity index (χ3v) is 7.95. The molecule has 5 nitrogen and oxygen atoms in total. The maximum Gasteiger partial charge on any atom is 0.266 e. The Morgan fingerprint density at radius 2 is 1.59 bits per heavy atom. The molecule has 0 N–H and O–H groups in total. The van der Waals surface area contributed by atoms with E-state index in [-0.39, 0.29) is 23.3 Å². The Labute approximate surface area is 189 Å². The van der Waals surface area contributed by atoms with Crippen molar-refractivity contribution in [3.8, 4) is 5.75 Å². The first kappa shape index (κ1) is 22.1. The highest BCUT2D eigenvalue weighted by Gasteiger charge is 2.42. The van der Waals surface area contributed by atoms with Crippen LogP contribution < -0.4 is 4.74 Å². The van der Waals surface area contributed by atoms with E-state index in [2.05, 4.69) is 0 Å². The van der Waals surface area contributed by atoms with E-state index in [1.165, 1.54) is 0 Å². The fourth-order valence-electron chi connectivity index (χ4n) is 4.35. The molecule has 3 aromatic rings. The van der Waals surface area contributed by atoms with Crippen LogP contribution in [0, 0.1) is 12.8 Å². The highest BCUT2D eigenvalue weighted by atomic mass is 32.2. The van der Waals surface area contributed by atoms with Gasteiger partial charge >= 0.3 is 0 Å². The molecule has 1 fully saturated rings. The van der Waals surface area contributed by atoms with Gasteiger partial charge in [0.15, 0.2) is 0 Å². The molecule has 2 atom stereocenters. The van der Waals surface area contributed by atoms with E-state index in [0.29, 0.717) is 12.8 Å². The lowest BCUT2D eigenvalue weighted by Crippen LogP contribution is -2.48. The average Bonchev–Trinajstić information content (AvgIpc) is 2.81. The van der Waals surface area contributed by atoms with Gasteiger partial charge in [0.1, 0.15) is 5.75 Å². The number of hydrogen-bond donors (Lipinski definition) is 0. The predicted molar refractivity (Wildman–Crippen MR) is 124 cm³/mol. The first-order valence-corrected chi connectivity index (χ1v) is 12.2. The van der Waals surface area contributed by atoms with Gasteiger partial charge < -0.3 is 4.74 Å². The normalized spacial score (nSPS) is 19.1. The summed E-state index contributed by atoms with van der Waals surface area (Å²) in [4.78, 5) is 13.8. The number of ether oxygens (including phenoxy) is 1. The third kappa shape index (κ3) is 4.41. The van der Waals surface area contributed by atoms with Gasteiger partial charge in [0.2, 0.25) is 5.91 Å². The van der Waals surface area contributed by atoms with Crippen molar-refractivity contribution in [2.45, 2.75) is 30.6 Å². The Balaban J connectivity index is 1.69. The second-order valence-corrected chi connectivity index (χ2v) is 10.1. The van der Waals surface area contributed by atoms with Gasteiger partial charge in [0, 0.05) is 6.54 Å². The standard InChI is InChI=1S/C26H27NO4S/c1-19-8-14-23(15-9-19)32(29,30)27-17-16-24(21-10-12-22(31-2)13-11-21)25(26(27)28)18-20-6-4-3-5-7-20/h3-15,24-25H,16-18H2,1-2H3/t24-,25+/m1/s1. The van der Waals surface area contributed by atoms with Gasteiger partial charge in [0.25, 0.3) is 10.0 Å². The zero-order valence-corrected chi connectivity index (χ0v) is 19.1. The molecule has 1 heterocycles. The third-order valence-electron chi connectivity index (χ3n) is 6.14. The van der Waals surface area contributed by atoms with Crippen LogP contribution >= 0.6 is 0 Å². The summed E-state index contributed by atoms with van der Waals surface area (Å²) < 4.78 is 33.0. The summed E-state index contributed by atoms with van der Waals surface area (Å²) in [5.41, 5.74) is 3.00. The predicted octanol–water partition coefficient (Wildman–Crippen LogP) is 4.57. The van der Waals surface area contributed by atoms with Crippen LogP contribution in [-0.2, 0) is 21.2 Å². The minimum Gasteiger partial charge on any atom is -0.497 e. The Bertz CT molecular complexity index is 1170. The number of benzene rings is 3. The van der Waals surface area contributed by atoms with Crippen LogP contribution in [0.2, 0.25) is 0 Å². The lowest BCUT2D eigenvalue weighted by atomic mass is 9.77. The van der Waals surface area contributed by atoms with E-state index >= 15 is 0 Å². The van der Waals surface area contributed by atoms with Crippen LogP contribution in [-0.4, -0.2) is 32.3 Å². The summed E-state index contributed by atoms with van der Waals surface area (Å²) in [5, 5.41) is 0. The van der Waals surface area contributed by atoms with Gasteiger partial charge in [-0.25, -0.2) is 12.7 Å². The molecule has 3 aromatic carbocycles. The van der Waals surface area contributed by atoms with E-state index in [1.54, 1.807) is 31.4 Å². The molecule has 1 aliphatic rings. The highest BCUT2D eigenvalue weighted by Crippen LogP contribution is 2.38. The molecule has 4 rings (SSSR count). The van der Waals surface area contributed by atoms with E-state index in [0.717, 1.165) is 26.7 Å². The smallest absolute Gasteiger partial charge is 0.266 e. The summed E-state index contributed by atoms with van der Waals surface area (Å²) in [6.45, 7) is 2.06. The Hall–Kier alpha value is -3.12. The first-order valence-electron chi connectivity index (χ1n) is 10.7.